The predicted molar refractivity (Wildman–Crippen MR) is 75.0 cm³/mol. The summed E-state index contributed by atoms with van der Waals surface area (Å²) < 4.78 is 0. The molecule has 16 heavy (non-hydrogen) atoms. The Hall–Kier alpha value is 0.500. The predicted octanol–water partition coefficient (Wildman–Crippen LogP) is 2.85. The number of halogens is 2. The van der Waals surface area contributed by atoms with Crippen LogP contribution in [0.4, 0.5) is 0 Å². The van der Waals surface area contributed by atoms with E-state index in [9.17, 15) is 0 Å². The van der Waals surface area contributed by atoms with Crippen molar-refractivity contribution in [2.45, 2.75) is 57.5 Å². The van der Waals surface area contributed by atoms with Crippen LogP contribution >= 0.6 is 24.8 Å². The Morgan fingerprint density at radius 2 is 1.94 bits per heavy atom. The highest BCUT2D eigenvalue weighted by Gasteiger charge is 2.28. The standard InChI is InChI=1S/C12H24N2.2ClH/c1-2-11-6-3-4-9-14(11)12-7-5-8-13-10-12;;/h11-13H,2-10H2,1H3;2*1H. The van der Waals surface area contributed by atoms with Crippen molar-refractivity contribution < 1.29 is 0 Å². The van der Waals surface area contributed by atoms with Crippen molar-refractivity contribution in [3.63, 3.8) is 0 Å². The van der Waals surface area contributed by atoms with E-state index in [2.05, 4.69) is 17.1 Å². The molecule has 0 aromatic carbocycles. The number of rotatable bonds is 2. The zero-order valence-electron chi connectivity index (χ0n) is 10.3. The monoisotopic (exact) mass is 268 g/mol. The third-order valence-electron chi connectivity index (χ3n) is 3.88. The van der Waals surface area contributed by atoms with Gasteiger partial charge in [-0.05, 0) is 45.2 Å². The molecular formula is C12H26Cl2N2. The molecule has 2 saturated heterocycles. The Labute approximate surface area is 112 Å². The van der Waals surface area contributed by atoms with Gasteiger partial charge >= 0.3 is 0 Å². The minimum Gasteiger partial charge on any atom is -0.315 e. The fourth-order valence-corrected chi connectivity index (χ4v) is 3.06. The summed E-state index contributed by atoms with van der Waals surface area (Å²) in [5.74, 6) is 0. The van der Waals surface area contributed by atoms with Gasteiger partial charge in [-0.15, -0.1) is 24.8 Å². The smallest absolute Gasteiger partial charge is 0.0224 e. The molecule has 2 aliphatic heterocycles. The summed E-state index contributed by atoms with van der Waals surface area (Å²) in [4.78, 5) is 2.79. The lowest BCUT2D eigenvalue weighted by Gasteiger charge is -2.42. The van der Waals surface area contributed by atoms with E-state index < -0.39 is 0 Å². The van der Waals surface area contributed by atoms with Gasteiger partial charge in [0.25, 0.3) is 0 Å². The quantitative estimate of drug-likeness (QED) is 0.829. The van der Waals surface area contributed by atoms with Gasteiger partial charge < -0.3 is 5.32 Å². The summed E-state index contributed by atoms with van der Waals surface area (Å²) in [5.41, 5.74) is 0. The van der Waals surface area contributed by atoms with Crippen molar-refractivity contribution in [2.24, 2.45) is 0 Å². The van der Waals surface area contributed by atoms with Crippen LogP contribution < -0.4 is 5.32 Å². The number of nitrogens with one attached hydrogen (secondary N) is 1. The van der Waals surface area contributed by atoms with E-state index in [1.165, 1.54) is 58.2 Å². The number of likely N-dealkylation sites (tertiary alicyclic amines) is 1. The molecule has 1 N–H and O–H groups in total. The van der Waals surface area contributed by atoms with Crippen LogP contribution in [-0.4, -0.2) is 36.6 Å². The molecule has 0 amide bonds. The molecular weight excluding hydrogens is 243 g/mol. The fraction of sp³-hybridized carbons (Fsp3) is 1.00. The number of nitrogens with zero attached hydrogens (tertiary/aromatic N) is 1. The van der Waals surface area contributed by atoms with Crippen LogP contribution in [0.2, 0.25) is 0 Å². The number of hydrogen-bond acceptors (Lipinski definition) is 2. The fourth-order valence-electron chi connectivity index (χ4n) is 3.06. The topological polar surface area (TPSA) is 15.3 Å². The first kappa shape index (κ1) is 16.5. The van der Waals surface area contributed by atoms with E-state index in [-0.39, 0.29) is 24.8 Å². The Balaban J connectivity index is 0.00000112. The second kappa shape index (κ2) is 8.57. The summed E-state index contributed by atoms with van der Waals surface area (Å²) in [7, 11) is 0. The van der Waals surface area contributed by atoms with Gasteiger partial charge in [-0.3, -0.25) is 4.90 Å². The Kier molecular flexibility index (Phi) is 8.84. The normalized spacial score (nSPS) is 31.3. The minimum absolute atomic E-state index is 0. The van der Waals surface area contributed by atoms with Crippen molar-refractivity contribution in [3.8, 4) is 0 Å². The molecule has 0 radical (unpaired) electrons. The van der Waals surface area contributed by atoms with E-state index in [0.717, 1.165) is 12.1 Å². The largest absolute Gasteiger partial charge is 0.315 e. The zero-order valence-corrected chi connectivity index (χ0v) is 11.9. The molecule has 0 aromatic rings. The molecule has 2 heterocycles. The summed E-state index contributed by atoms with van der Waals surface area (Å²) in [6, 6.07) is 1.72. The van der Waals surface area contributed by atoms with Crippen molar-refractivity contribution in [3.05, 3.63) is 0 Å². The first-order chi connectivity index (χ1) is 6.92. The second-order valence-electron chi connectivity index (χ2n) is 4.80. The van der Waals surface area contributed by atoms with Crippen LogP contribution in [0.25, 0.3) is 0 Å². The molecule has 98 valence electrons. The highest BCUT2D eigenvalue weighted by molar-refractivity contribution is 5.85. The van der Waals surface area contributed by atoms with Gasteiger partial charge in [0.15, 0.2) is 0 Å². The average molecular weight is 269 g/mol. The molecule has 2 rings (SSSR count). The van der Waals surface area contributed by atoms with E-state index in [4.69, 9.17) is 0 Å². The van der Waals surface area contributed by atoms with Crippen molar-refractivity contribution in [1.29, 1.82) is 0 Å². The maximum Gasteiger partial charge on any atom is 0.0224 e. The summed E-state index contributed by atoms with van der Waals surface area (Å²) >= 11 is 0. The van der Waals surface area contributed by atoms with Gasteiger partial charge in [0.1, 0.15) is 0 Å². The Bertz CT molecular complexity index is 172. The molecule has 2 atom stereocenters. The van der Waals surface area contributed by atoms with Gasteiger partial charge in [-0.2, -0.15) is 0 Å². The highest BCUT2D eigenvalue weighted by atomic mass is 35.5. The molecule has 0 aromatic heterocycles. The minimum atomic E-state index is 0. The van der Waals surface area contributed by atoms with Crippen molar-refractivity contribution >= 4 is 24.8 Å². The lowest BCUT2D eigenvalue weighted by Crippen LogP contribution is -2.52. The van der Waals surface area contributed by atoms with Crippen LogP contribution in [-0.2, 0) is 0 Å². The Morgan fingerprint density at radius 3 is 2.56 bits per heavy atom. The van der Waals surface area contributed by atoms with Gasteiger partial charge in [-0.1, -0.05) is 13.3 Å². The molecule has 2 unspecified atom stereocenters. The molecule has 0 spiro atoms. The summed E-state index contributed by atoms with van der Waals surface area (Å²) in [6.45, 7) is 6.17. The van der Waals surface area contributed by atoms with Gasteiger partial charge in [0.05, 0.1) is 0 Å². The van der Waals surface area contributed by atoms with Crippen LogP contribution in [0.3, 0.4) is 0 Å². The van der Waals surface area contributed by atoms with Gasteiger partial charge in [0, 0.05) is 18.6 Å². The maximum absolute atomic E-state index is 3.54. The summed E-state index contributed by atoms with van der Waals surface area (Å²) in [5, 5.41) is 3.54. The van der Waals surface area contributed by atoms with Crippen LogP contribution in [0.15, 0.2) is 0 Å². The van der Waals surface area contributed by atoms with Crippen LogP contribution in [0, 0.1) is 0 Å². The van der Waals surface area contributed by atoms with E-state index >= 15 is 0 Å². The van der Waals surface area contributed by atoms with Crippen molar-refractivity contribution in [2.75, 3.05) is 19.6 Å². The van der Waals surface area contributed by atoms with E-state index in [1.807, 2.05) is 0 Å². The molecule has 0 aliphatic carbocycles. The van der Waals surface area contributed by atoms with Crippen molar-refractivity contribution in [1.82, 2.24) is 10.2 Å². The van der Waals surface area contributed by atoms with Gasteiger partial charge in [-0.25, -0.2) is 0 Å². The lowest BCUT2D eigenvalue weighted by molar-refractivity contribution is 0.0771. The molecule has 2 fully saturated rings. The third kappa shape index (κ3) is 4.06. The van der Waals surface area contributed by atoms with Gasteiger partial charge in [0.2, 0.25) is 0 Å². The van der Waals surface area contributed by atoms with Crippen LogP contribution in [0.5, 0.6) is 0 Å². The first-order valence-electron chi connectivity index (χ1n) is 6.38. The number of piperidine rings is 2. The molecule has 0 saturated carbocycles. The first-order valence-corrected chi connectivity index (χ1v) is 6.38. The highest BCUT2D eigenvalue weighted by Crippen LogP contribution is 2.24. The Morgan fingerprint density at radius 1 is 1.12 bits per heavy atom. The molecule has 2 aliphatic rings. The van der Waals surface area contributed by atoms with E-state index in [0.29, 0.717) is 0 Å². The molecule has 2 nitrogen and oxygen atoms in total. The second-order valence-corrected chi connectivity index (χ2v) is 4.80. The average Bonchev–Trinajstić information content (AvgIpc) is 2.30. The zero-order chi connectivity index (χ0) is 9.80. The van der Waals surface area contributed by atoms with E-state index in [1.54, 1.807) is 0 Å². The number of hydrogen-bond donors (Lipinski definition) is 1. The molecule has 0 bridgehead atoms. The third-order valence-corrected chi connectivity index (χ3v) is 3.88. The SMILES string of the molecule is CCC1CCCCN1C1CCCNC1.Cl.Cl. The summed E-state index contributed by atoms with van der Waals surface area (Å²) in [6.07, 6.45) is 8.45. The van der Waals surface area contributed by atoms with Crippen LogP contribution in [0.1, 0.15) is 45.4 Å². The maximum atomic E-state index is 3.54. The lowest BCUT2D eigenvalue weighted by atomic mass is 9.95. The molecule has 4 heteroatoms.